The molecular weight excluding hydrogens is 353 g/mol. The van der Waals surface area contributed by atoms with Crippen molar-refractivity contribution in [3.05, 3.63) is 68.4 Å². The minimum Gasteiger partial charge on any atom is -0.310 e. The Hall–Kier alpha value is -0.900. The third-order valence-electron chi connectivity index (χ3n) is 3.49. The summed E-state index contributed by atoms with van der Waals surface area (Å²) in [6, 6.07) is 10.9. The van der Waals surface area contributed by atoms with Crippen LogP contribution in [0.1, 0.15) is 29.7 Å². The second kappa shape index (κ2) is 7.39. The van der Waals surface area contributed by atoms with Crippen molar-refractivity contribution in [3.63, 3.8) is 0 Å². The molecule has 1 atom stereocenters. The highest BCUT2D eigenvalue weighted by Gasteiger charge is 2.16. The van der Waals surface area contributed by atoms with Crippen molar-refractivity contribution in [2.24, 2.45) is 0 Å². The Balaban J connectivity index is 2.33. The van der Waals surface area contributed by atoms with Gasteiger partial charge in [0.15, 0.2) is 0 Å². The first kappa shape index (κ1) is 16.5. The van der Waals surface area contributed by atoms with Crippen LogP contribution in [0.2, 0.25) is 5.02 Å². The molecule has 4 heteroatoms. The van der Waals surface area contributed by atoms with Gasteiger partial charge < -0.3 is 5.32 Å². The first-order valence-corrected chi connectivity index (χ1v) is 8.12. The van der Waals surface area contributed by atoms with Gasteiger partial charge in [0, 0.05) is 15.5 Å². The number of hydrogen-bond acceptors (Lipinski definition) is 1. The minimum absolute atomic E-state index is 0.132. The second-order valence-electron chi connectivity index (χ2n) is 5.03. The highest BCUT2D eigenvalue weighted by Crippen LogP contribution is 2.30. The first-order chi connectivity index (χ1) is 10.0. The number of rotatable bonds is 5. The van der Waals surface area contributed by atoms with E-state index >= 15 is 0 Å². The largest absolute Gasteiger partial charge is 0.310 e. The van der Waals surface area contributed by atoms with E-state index in [0.717, 1.165) is 23.0 Å². The summed E-state index contributed by atoms with van der Waals surface area (Å²) in [6.07, 6.45) is 0.717. The fourth-order valence-electron chi connectivity index (χ4n) is 2.38. The van der Waals surface area contributed by atoms with Gasteiger partial charge in [-0.25, -0.2) is 4.39 Å². The molecule has 2 aromatic rings. The van der Waals surface area contributed by atoms with Crippen LogP contribution in [0.15, 0.2) is 40.9 Å². The molecule has 0 heterocycles. The lowest BCUT2D eigenvalue weighted by Crippen LogP contribution is -2.23. The van der Waals surface area contributed by atoms with Crippen molar-refractivity contribution in [2.45, 2.75) is 26.3 Å². The molecule has 112 valence electrons. The molecule has 1 nitrogen and oxygen atoms in total. The Morgan fingerprint density at radius 3 is 2.71 bits per heavy atom. The molecule has 0 aromatic heterocycles. The molecule has 1 N–H and O–H groups in total. The van der Waals surface area contributed by atoms with E-state index in [1.54, 1.807) is 6.07 Å². The van der Waals surface area contributed by atoms with E-state index < -0.39 is 0 Å². The Morgan fingerprint density at radius 2 is 2.05 bits per heavy atom. The van der Waals surface area contributed by atoms with E-state index in [0.29, 0.717) is 5.02 Å². The predicted molar refractivity (Wildman–Crippen MR) is 90.4 cm³/mol. The SMILES string of the molecule is CCNC(Cc1ccc(F)cc1Cl)c1cccc(C)c1Br. The molecule has 0 radical (unpaired) electrons. The highest BCUT2D eigenvalue weighted by molar-refractivity contribution is 9.10. The van der Waals surface area contributed by atoms with Crippen LogP contribution >= 0.6 is 27.5 Å². The van der Waals surface area contributed by atoms with Gasteiger partial charge in [-0.1, -0.05) is 58.7 Å². The molecule has 0 aliphatic carbocycles. The average molecular weight is 371 g/mol. The van der Waals surface area contributed by atoms with Crippen LogP contribution in [0.25, 0.3) is 0 Å². The quantitative estimate of drug-likeness (QED) is 0.738. The molecule has 2 rings (SSSR count). The summed E-state index contributed by atoms with van der Waals surface area (Å²) in [5.41, 5.74) is 3.33. The van der Waals surface area contributed by atoms with Gasteiger partial charge in [-0.15, -0.1) is 0 Å². The van der Waals surface area contributed by atoms with Gasteiger partial charge in [-0.3, -0.25) is 0 Å². The smallest absolute Gasteiger partial charge is 0.124 e. The number of nitrogens with one attached hydrogen (secondary N) is 1. The van der Waals surface area contributed by atoms with Gasteiger partial charge in [0.1, 0.15) is 5.82 Å². The molecule has 0 fully saturated rings. The molecule has 0 saturated heterocycles. The third-order valence-corrected chi connectivity index (χ3v) is 4.92. The summed E-state index contributed by atoms with van der Waals surface area (Å²) >= 11 is 9.81. The van der Waals surface area contributed by atoms with Crippen LogP contribution in [0, 0.1) is 12.7 Å². The summed E-state index contributed by atoms with van der Waals surface area (Å²) in [5.74, 6) is -0.305. The standard InChI is InChI=1S/C17H18BrClFN/c1-3-21-16(14-6-4-5-11(2)17(14)18)9-12-7-8-13(20)10-15(12)19/h4-8,10,16,21H,3,9H2,1-2H3. The zero-order valence-corrected chi connectivity index (χ0v) is 14.4. The van der Waals surface area contributed by atoms with E-state index in [-0.39, 0.29) is 11.9 Å². The van der Waals surface area contributed by atoms with Crippen molar-refractivity contribution in [3.8, 4) is 0 Å². The van der Waals surface area contributed by atoms with Gasteiger partial charge in [-0.05, 0) is 48.7 Å². The minimum atomic E-state index is -0.305. The summed E-state index contributed by atoms with van der Waals surface area (Å²) in [5, 5.41) is 3.95. The van der Waals surface area contributed by atoms with Crippen LogP contribution in [0.3, 0.4) is 0 Å². The fourth-order valence-corrected chi connectivity index (χ4v) is 3.17. The summed E-state index contributed by atoms with van der Waals surface area (Å²) in [6.45, 7) is 4.99. The summed E-state index contributed by atoms with van der Waals surface area (Å²) in [4.78, 5) is 0. The lowest BCUT2D eigenvalue weighted by atomic mass is 9.97. The maximum Gasteiger partial charge on any atom is 0.124 e. The fraction of sp³-hybridized carbons (Fsp3) is 0.294. The maximum atomic E-state index is 13.2. The Kier molecular flexibility index (Phi) is 5.80. The van der Waals surface area contributed by atoms with Crippen LogP contribution in [-0.4, -0.2) is 6.54 Å². The molecule has 2 aromatic carbocycles. The molecule has 21 heavy (non-hydrogen) atoms. The highest BCUT2D eigenvalue weighted by atomic mass is 79.9. The molecule has 0 amide bonds. The normalized spacial score (nSPS) is 12.4. The van der Waals surface area contributed by atoms with Crippen LogP contribution in [0.5, 0.6) is 0 Å². The van der Waals surface area contributed by atoms with E-state index in [9.17, 15) is 4.39 Å². The van der Waals surface area contributed by atoms with Gasteiger partial charge in [0.2, 0.25) is 0 Å². The zero-order valence-electron chi connectivity index (χ0n) is 12.1. The lowest BCUT2D eigenvalue weighted by molar-refractivity contribution is 0.546. The number of aryl methyl sites for hydroxylation is 1. The monoisotopic (exact) mass is 369 g/mol. The number of likely N-dealkylation sites (N-methyl/N-ethyl adjacent to an activating group) is 1. The zero-order chi connectivity index (χ0) is 15.4. The van der Waals surface area contributed by atoms with Crippen LogP contribution < -0.4 is 5.32 Å². The topological polar surface area (TPSA) is 12.0 Å². The van der Waals surface area contributed by atoms with Crippen molar-refractivity contribution >= 4 is 27.5 Å². The van der Waals surface area contributed by atoms with Crippen LogP contribution in [0.4, 0.5) is 4.39 Å². The summed E-state index contributed by atoms with van der Waals surface area (Å²) < 4.78 is 14.3. The van der Waals surface area contributed by atoms with Crippen molar-refractivity contribution in [1.29, 1.82) is 0 Å². The van der Waals surface area contributed by atoms with E-state index in [2.05, 4.69) is 47.2 Å². The third kappa shape index (κ3) is 4.06. The van der Waals surface area contributed by atoms with E-state index in [1.807, 2.05) is 6.07 Å². The first-order valence-electron chi connectivity index (χ1n) is 6.95. The van der Waals surface area contributed by atoms with Crippen LogP contribution in [-0.2, 0) is 6.42 Å². The Labute approximate surface area is 138 Å². The van der Waals surface area contributed by atoms with Crippen molar-refractivity contribution in [1.82, 2.24) is 5.32 Å². The van der Waals surface area contributed by atoms with Crippen molar-refractivity contribution < 1.29 is 4.39 Å². The van der Waals surface area contributed by atoms with Gasteiger partial charge in [0.05, 0.1) is 0 Å². The van der Waals surface area contributed by atoms with E-state index in [4.69, 9.17) is 11.6 Å². The van der Waals surface area contributed by atoms with Gasteiger partial charge in [0.25, 0.3) is 0 Å². The lowest BCUT2D eigenvalue weighted by Gasteiger charge is -2.21. The molecular formula is C17H18BrClFN. The molecule has 0 aliphatic rings. The Morgan fingerprint density at radius 1 is 1.29 bits per heavy atom. The average Bonchev–Trinajstić information content (AvgIpc) is 2.44. The molecule has 0 bridgehead atoms. The molecule has 1 unspecified atom stereocenters. The molecule has 0 spiro atoms. The number of benzene rings is 2. The molecule has 0 saturated carbocycles. The number of halogens is 3. The van der Waals surface area contributed by atoms with Gasteiger partial charge >= 0.3 is 0 Å². The predicted octanol–water partition coefficient (Wildman–Crippen LogP) is 5.44. The summed E-state index contributed by atoms with van der Waals surface area (Å²) in [7, 11) is 0. The van der Waals surface area contributed by atoms with Crippen molar-refractivity contribution in [2.75, 3.05) is 6.54 Å². The van der Waals surface area contributed by atoms with Gasteiger partial charge in [-0.2, -0.15) is 0 Å². The molecule has 0 aliphatic heterocycles. The Bertz CT molecular complexity index is 630. The second-order valence-corrected chi connectivity index (χ2v) is 6.23. The maximum absolute atomic E-state index is 13.2. The number of hydrogen-bond donors (Lipinski definition) is 1. The van der Waals surface area contributed by atoms with E-state index in [1.165, 1.54) is 23.3 Å².